The van der Waals surface area contributed by atoms with Crippen LogP contribution < -0.4 is 5.32 Å². The van der Waals surface area contributed by atoms with Crippen LogP contribution in [0.5, 0.6) is 0 Å². The normalized spacial score (nSPS) is 21.2. The van der Waals surface area contributed by atoms with Crippen molar-refractivity contribution in [3.63, 3.8) is 0 Å². The van der Waals surface area contributed by atoms with E-state index in [2.05, 4.69) is 5.32 Å². The number of ether oxygens (including phenoxy) is 1. The zero-order valence-corrected chi connectivity index (χ0v) is 15.2. The number of rotatable bonds is 3. The van der Waals surface area contributed by atoms with Gasteiger partial charge in [0.15, 0.2) is 0 Å². The van der Waals surface area contributed by atoms with Gasteiger partial charge < -0.3 is 10.1 Å². The Kier molecular flexibility index (Phi) is 4.18. The van der Waals surface area contributed by atoms with Gasteiger partial charge in [-0.25, -0.2) is 4.79 Å². The molecule has 27 heavy (non-hydrogen) atoms. The Balaban J connectivity index is 1.60. The number of amides is 2. The Labute approximate surface area is 157 Å². The third kappa shape index (κ3) is 3.07. The average molecular weight is 364 g/mol. The lowest BCUT2D eigenvalue weighted by Gasteiger charge is -2.29. The van der Waals surface area contributed by atoms with Crippen LogP contribution in [0, 0.1) is 13.8 Å². The van der Waals surface area contributed by atoms with Gasteiger partial charge in [0.25, 0.3) is 0 Å². The van der Waals surface area contributed by atoms with Gasteiger partial charge in [-0.05, 0) is 49.6 Å². The molecule has 1 saturated heterocycles. The lowest BCUT2D eigenvalue weighted by molar-refractivity contribution is -0.144. The summed E-state index contributed by atoms with van der Waals surface area (Å²) >= 11 is 0. The maximum absolute atomic E-state index is 12.9. The lowest BCUT2D eigenvalue weighted by atomic mass is 10.1. The first-order chi connectivity index (χ1) is 12.9. The first-order valence-electron chi connectivity index (χ1n) is 8.94. The summed E-state index contributed by atoms with van der Waals surface area (Å²) in [7, 11) is 0. The van der Waals surface area contributed by atoms with Crippen LogP contribution in [0.4, 0.5) is 5.69 Å². The molecule has 2 amide bonds. The average Bonchev–Trinajstić information content (AvgIpc) is 3.14. The third-order valence-electron chi connectivity index (χ3n) is 4.97. The monoisotopic (exact) mass is 364 g/mol. The highest BCUT2D eigenvalue weighted by Gasteiger charge is 2.46. The van der Waals surface area contributed by atoms with Gasteiger partial charge in [0.05, 0.1) is 5.56 Å². The van der Waals surface area contributed by atoms with E-state index in [1.165, 1.54) is 4.90 Å². The van der Waals surface area contributed by atoms with E-state index in [1.54, 1.807) is 24.3 Å². The predicted molar refractivity (Wildman–Crippen MR) is 99.0 cm³/mol. The zero-order chi connectivity index (χ0) is 19.1. The maximum atomic E-state index is 12.9. The van der Waals surface area contributed by atoms with Gasteiger partial charge in [-0.1, -0.05) is 24.3 Å². The highest BCUT2D eigenvalue weighted by Crippen LogP contribution is 2.38. The molecule has 0 aromatic heterocycles. The van der Waals surface area contributed by atoms with E-state index in [0.29, 0.717) is 23.2 Å². The molecule has 2 heterocycles. The first-order valence-corrected chi connectivity index (χ1v) is 8.94. The number of benzene rings is 2. The fraction of sp³-hybridized carbons (Fsp3) is 0.286. The molecule has 4 rings (SSSR count). The number of carbonyl (C=O) groups excluding carboxylic acids is 3. The van der Waals surface area contributed by atoms with Crippen molar-refractivity contribution in [2.45, 2.75) is 39.0 Å². The number of hydrogen-bond acceptors (Lipinski definition) is 4. The van der Waals surface area contributed by atoms with Crippen molar-refractivity contribution < 1.29 is 19.1 Å². The number of nitrogens with one attached hydrogen (secondary N) is 1. The molecule has 1 fully saturated rings. The number of carbonyl (C=O) groups is 3. The van der Waals surface area contributed by atoms with Crippen LogP contribution in [0.3, 0.4) is 0 Å². The summed E-state index contributed by atoms with van der Waals surface area (Å²) in [6.45, 7) is 3.92. The van der Waals surface area contributed by atoms with Crippen molar-refractivity contribution in [2.24, 2.45) is 0 Å². The fourth-order valence-corrected chi connectivity index (χ4v) is 3.86. The van der Waals surface area contributed by atoms with Crippen molar-refractivity contribution in [3.05, 3.63) is 64.7 Å². The molecule has 0 saturated carbocycles. The zero-order valence-electron chi connectivity index (χ0n) is 15.2. The molecule has 1 unspecified atom stereocenters. The summed E-state index contributed by atoms with van der Waals surface area (Å²) in [5, 5.41) is 2.90. The van der Waals surface area contributed by atoms with Crippen LogP contribution in [-0.4, -0.2) is 28.7 Å². The molecular formula is C21H20N2O4. The molecule has 2 aromatic carbocycles. The number of fused-ring (bicyclic) bond motifs is 1. The molecule has 1 N–H and O–H groups in total. The number of likely N-dealkylation sites (tertiary alicyclic amines) is 1. The number of hydrogen-bond donors (Lipinski definition) is 1. The summed E-state index contributed by atoms with van der Waals surface area (Å²) in [5.74, 6) is -0.930. The number of anilines is 1. The molecule has 2 aliphatic heterocycles. The highest BCUT2D eigenvalue weighted by molar-refractivity contribution is 6.00. The standard InChI is InChI=1S/C21H20N2O4/c1-12-9-13(2)11-14(10-12)22-19(25)17-7-8-18(24)23(17)20-15-5-3-4-6-16(15)21(26)27-20/h3-6,9-11,17,20H,7-8H2,1-2H3,(H,22,25)/t17-,20?/m0/s1. The van der Waals surface area contributed by atoms with Gasteiger partial charge in [0.1, 0.15) is 6.04 Å². The summed E-state index contributed by atoms with van der Waals surface area (Å²) in [6.07, 6.45) is -0.203. The fourth-order valence-electron chi connectivity index (χ4n) is 3.86. The van der Waals surface area contributed by atoms with Crippen molar-refractivity contribution in [3.8, 4) is 0 Å². The second-order valence-electron chi connectivity index (χ2n) is 7.07. The van der Waals surface area contributed by atoms with Crippen molar-refractivity contribution in [2.75, 3.05) is 5.32 Å². The third-order valence-corrected chi connectivity index (χ3v) is 4.97. The minimum atomic E-state index is -0.848. The van der Waals surface area contributed by atoms with E-state index < -0.39 is 18.2 Å². The van der Waals surface area contributed by atoms with Crippen LogP contribution >= 0.6 is 0 Å². The molecule has 0 spiro atoms. The van der Waals surface area contributed by atoms with Crippen LogP contribution in [0.2, 0.25) is 0 Å². The van der Waals surface area contributed by atoms with Crippen molar-refractivity contribution >= 4 is 23.5 Å². The predicted octanol–water partition coefficient (Wildman–Crippen LogP) is 3.10. The van der Waals surface area contributed by atoms with E-state index in [1.807, 2.05) is 32.0 Å². The second-order valence-corrected chi connectivity index (χ2v) is 7.07. The van der Waals surface area contributed by atoms with E-state index in [0.717, 1.165) is 11.1 Å². The van der Waals surface area contributed by atoms with Crippen LogP contribution in [0.15, 0.2) is 42.5 Å². The van der Waals surface area contributed by atoms with Crippen LogP contribution in [-0.2, 0) is 14.3 Å². The highest BCUT2D eigenvalue weighted by atomic mass is 16.6. The van der Waals surface area contributed by atoms with Crippen LogP contribution in [0.1, 0.15) is 46.1 Å². The molecule has 6 nitrogen and oxygen atoms in total. The van der Waals surface area contributed by atoms with Gasteiger partial charge in [-0.15, -0.1) is 0 Å². The molecule has 138 valence electrons. The van der Waals surface area contributed by atoms with Gasteiger partial charge >= 0.3 is 5.97 Å². The van der Waals surface area contributed by atoms with E-state index in [9.17, 15) is 14.4 Å². The Morgan fingerprint density at radius 1 is 1.11 bits per heavy atom. The second kappa shape index (κ2) is 6.54. The van der Waals surface area contributed by atoms with Gasteiger partial charge in [-0.3, -0.25) is 14.5 Å². The summed E-state index contributed by atoms with van der Waals surface area (Å²) < 4.78 is 5.44. The molecular weight excluding hydrogens is 344 g/mol. The minimum Gasteiger partial charge on any atom is -0.433 e. The van der Waals surface area contributed by atoms with Gasteiger partial charge in [0.2, 0.25) is 18.0 Å². The lowest BCUT2D eigenvalue weighted by Crippen LogP contribution is -2.43. The summed E-state index contributed by atoms with van der Waals surface area (Å²) in [6, 6.07) is 12.1. The molecule has 0 radical (unpaired) electrons. The largest absolute Gasteiger partial charge is 0.433 e. The smallest absolute Gasteiger partial charge is 0.340 e. The van der Waals surface area contributed by atoms with Crippen molar-refractivity contribution in [1.29, 1.82) is 0 Å². The summed E-state index contributed by atoms with van der Waals surface area (Å²) in [4.78, 5) is 38.9. The Morgan fingerprint density at radius 3 is 2.56 bits per heavy atom. The van der Waals surface area contributed by atoms with E-state index in [4.69, 9.17) is 4.74 Å². The summed E-state index contributed by atoms with van der Waals surface area (Å²) in [5.41, 5.74) is 3.85. The molecule has 6 heteroatoms. The maximum Gasteiger partial charge on any atom is 0.340 e. The Hall–Kier alpha value is -3.15. The number of cyclic esters (lactones) is 1. The SMILES string of the molecule is Cc1cc(C)cc(NC(=O)[C@@H]2CCC(=O)N2C2OC(=O)c3ccccc32)c1. The van der Waals surface area contributed by atoms with Crippen molar-refractivity contribution in [1.82, 2.24) is 4.90 Å². The Morgan fingerprint density at radius 2 is 1.81 bits per heavy atom. The van der Waals surface area contributed by atoms with Gasteiger partial charge in [-0.2, -0.15) is 0 Å². The first kappa shape index (κ1) is 17.3. The molecule has 0 aliphatic carbocycles. The minimum absolute atomic E-state index is 0.190. The molecule has 2 aliphatic rings. The molecule has 0 bridgehead atoms. The Bertz CT molecular complexity index is 933. The topological polar surface area (TPSA) is 75.7 Å². The number of aryl methyl sites for hydroxylation is 2. The number of esters is 1. The van der Waals surface area contributed by atoms with Crippen LogP contribution in [0.25, 0.3) is 0 Å². The van der Waals surface area contributed by atoms with Gasteiger partial charge in [0, 0.05) is 17.7 Å². The van der Waals surface area contributed by atoms with E-state index >= 15 is 0 Å². The van der Waals surface area contributed by atoms with E-state index in [-0.39, 0.29) is 18.2 Å². The quantitative estimate of drug-likeness (QED) is 0.849. The number of nitrogens with zero attached hydrogens (tertiary/aromatic N) is 1. The molecule has 2 aromatic rings. The molecule has 2 atom stereocenters.